The second-order valence-electron chi connectivity index (χ2n) is 7.91. The Morgan fingerprint density at radius 2 is 1.52 bits per heavy atom. The number of amides is 2. The van der Waals surface area contributed by atoms with E-state index in [0.29, 0.717) is 11.4 Å². The molecule has 3 aromatic rings. The van der Waals surface area contributed by atoms with Crippen LogP contribution >= 0.6 is 0 Å². The lowest BCUT2D eigenvalue weighted by molar-refractivity contribution is -0.115. The lowest BCUT2D eigenvalue weighted by Gasteiger charge is -2.12. The summed E-state index contributed by atoms with van der Waals surface area (Å²) in [4.78, 5) is 24.6. The van der Waals surface area contributed by atoms with Gasteiger partial charge < -0.3 is 10.6 Å². The van der Waals surface area contributed by atoms with Crippen molar-refractivity contribution in [2.45, 2.75) is 32.6 Å². The van der Waals surface area contributed by atoms with E-state index in [-0.39, 0.29) is 22.9 Å². The van der Waals surface area contributed by atoms with E-state index in [1.807, 2.05) is 45.9 Å². The maximum absolute atomic E-state index is 12.7. The van der Waals surface area contributed by atoms with Crippen LogP contribution in [-0.2, 0) is 14.8 Å². The molecule has 33 heavy (non-hydrogen) atoms. The predicted molar refractivity (Wildman–Crippen MR) is 130 cm³/mol. The van der Waals surface area contributed by atoms with E-state index in [4.69, 9.17) is 0 Å². The van der Waals surface area contributed by atoms with Gasteiger partial charge in [0, 0.05) is 16.9 Å². The summed E-state index contributed by atoms with van der Waals surface area (Å²) in [6.07, 6.45) is 0. The number of hydrogen-bond donors (Lipinski definition) is 3. The third-order valence-electron chi connectivity index (χ3n) is 5.47. The van der Waals surface area contributed by atoms with Crippen LogP contribution in [0, 0.1) is 27.7 Å². The molecule has 0 aliphatic heterocycles. The van der Waals surface area contributed by atoms with Gasteiger partial charge in [-0.05, 0) is 92.4 Å². The van der Waals surface area contributed by atoms with Crippen LogP contribution in [-0.4, -0.2) is 26.8 Å². The highest BCUT2D eigenvalue weighted by molar-refractivity contribution is 7.92. The number of benzene rings is 3. The summed E-state index contributed by atoms with van der Waals surface area (Å²) in [5.41, 5.74) is 5.47. The molecule has 0 unspecified atom stereocenters. The molecule has 0 radical (unpaired) electrons. The van der Waals surface area contributed by atoms with Crippen molar-refractivity contribution < 1.29 is 18.0 Å². The third-order valence-corrected chi connectivity index (χ3v) is 6.87. The first-order valence-electron chi connectivity index (χ1n) is 10.4. The number of nitrogens with one attached hydrogen (secondary N) is 3. The number of aryl methyl sites for hydroxylation is 3. The average Bonchev–Trinajstić information content (AvgIpc) is 2.77. The van der Waals surface area contributed by atoms with Gasteiger partial charge in [0.05, 0.1) is 11.4 Å². The monoisotopic (exact) mass is 465 g/mol. The van der Waals surface area contributed by atoms with Crippen molar-refractivity contribution in [3.8, 4) is 0 Å². The molecule has 0 aliphatic rings. The summed E-state index contributed by atoms with van der Waals surface area (Å²) in [7, 11) is -3.80. The summed E-state index contributed by atoms with van der Waals surface area (Å²) >= 11 is 0. The van der Waals surface area contributed by atoms with E-state index >= 15 is 0 Å². The first-order valence-corrected chi connectivity index (χ1v) is 11.9. The molecule has 0 spiro atoms. The van der Waals surface area contributed by atoms with Crippen LogP contribution in [0.5, 0.6) is 0 Å². The van der Waals surface area contributed by atoms with E-state index in [1.165, 1.54) is 24.3 Å². The zero-order chi connectivity index (χ0) is 24.2. The Balaban J connectivity index is 1.60. The molecule has 0 heterocycles. The van der Waals surface area contributed by atoms with E-state index in [0.717, 1.165) is 22.3 Å². The summed E-state index contributed by atoms with van der Waals surface area (Å²) in [6, 6.07) is 16.4. The maximum atomic E-state index is 12.7. The van der Waals surface area contributed by atoms with Crippen LogP contribution in [0.15, 0.2) is 65.6 Å². The van der Waals surface area contributed by atoms with E-state index in [1.54, 1.807) is 18.2 Å². The number of hydrogen-bond acceptors (Lipinski definition) is 4. The topological polar surface area (TPSA) is 104 Å². The molecule has 2 amide bonds. The minimum absolute atomic E-state index is 0.0324. The molecule has 0 aliphatic carbocycles. The molecule has 0 saturated heterocycles. The normalized spacial score (nSPS) is 11.0. The van der Waals surface area contributed by atoms with Crippen molar-refractivity contribution in [2.75, 3.05) is 16.6 Å². The number of rotatable bonds is 7. The van der Waals surface area contributed by atoms with Gasteiger partial charge in [0.25, 0.3) is 15.9 Å². The molecular weight excluding hydrogens is 438 g/mol. The Bertz CT molecular complexity index is 1300. The van der Waals surface area contributed by atoms with E-state index in [2.05, 4.69) is 15.4 Å². The minimum Gasteiger partial charge on any atom is -0.343 e. The van der Waals surface area contributed by atoms with Crippen LogP contribution in [0.25, 0.3) is 0 Å². The van der Waals surface area contributed by atoms with E-state index in [9.17, 15) is 18.0 Å². The molecule has 0 saturated carbocycles. The second-order valence-corrected chi connectivity index (χ2v) is 9.59. The fourth-order valence-corrected chi connectivity index (χ4v) is 4.20. The molecule has 0 fully saturated rings. The Labute approximate surface area is 194 Å². The Morgan fingerprint density at radius 1 is 0.818 bits per heavy atom. The Kier molecular flexibility index (Phi) is 7.18. The van der Waals surface area contributed by atoms with Gasteiger partial charge in [-0.25, -0.2) is 8.42 Å². The maximum Gasteiger partial charge on any atom is 0.261 e. The van der Waals surface area contributed by atoms with Gasteiger partial charge in [0.1, 0.15) is 0 Å². The fraction of sp³-hybridized carbons (Fsp3) is 0.200. The van der Waals surface area contributed by atoms with Crippen molar-refractivity contribution in [3.05, 3.63) is 88.5 Å². The summed E-state index contributed by atoms with van der Waals surface area (Å²) in [5.74, 6) is -0.828. The first kappa shape index (κ1) is 24.0. The Morgan fingerprint density at radius 3 is 2.18 bits per heavy atom. The predicted octanol–water partition coefficient (Wildman–Crippen LogP) is 4.09. The minimum atomic E-state index is -3.80. The highest BCUT2D eigenvalue weighted by Crippen LogP contribution is 2.20. The van der Waals surface area contributed by atoms with Gasteiger partial charge in [-0.15, -0.1) is 0 Å². The zero-order valence-electron chi connectivity index (χ0n) is 19.0. The largest absolute Gasteiger partial charge is 0.343 e. The molecule has 3 rings (SSSR count). The molecule has 0 aromatic heterocycles. The van der Waals surface area contributed by atoms with Crippen molar-refractivity contribution in [1.29, 1.82) is 0 Å². The number of carbonyl (C=O) groups excluding carboxylic acids is 2. The molecule has 172 valence electrons. The van der Waals surface area contributed by atoms with Gasteiger partial charge in [-0.3, -0.25) is 14.3 Å². The lowest BCUT2D eigenvalue weighted by Crippen LogP contribution is -2.33. The molecular formula is C25H27N3O4S. The number of sulfonamides is 1. The highest BCUT2D eigenvalue weighted by Gasteiger charge is 2.16. The summed E-state index contributed by atoms with van der Waals surface area (Å²) in [6.45, 7) is 7.51. The molecule has 3 aromatic carbocycles. The van der Waals surface area contributed by atoms with Crippen LogP contribution in [0.2, 0.25) is 0 Å². The van der Waals surface area contributed by atoms with Crippen molar-refractivity contribution in [3.63, 3.8) is 0 Å². The molecule has 7 nitrogen and oxygen atoms in total. The standard InChI is InChI=1S/C25H27N3O4S/c1-16-8-11-21(14-18(16)3)28-33(31,32)22-12-9-20(10-13-22)25(30)26-15-24(29)27-23-7-5-6-17(2)19(23)4/h5-14,28H,15H2,1-4H3,(H,26,30)(H,27,29). The fourth-order valence-electron chi connectivity index (χ4n) is 3.15. The Hall–Kier alpha value is -3.65. The van der Waals surface area contributed by atoms with E-state index < -0.39 is 15.9 Å². The van der Waals surface area contributed by atoms with Gasteiger partial charge in [0.15, 0.2) is 0 Å². The lowest BCUT2D eigenvalue weighted by atomic mass is 10.1. The van der Waals surface area contributed by atoms with Gasteiger partial charge >= 0.3 is 0 Å². The summed E-state index contributed by atoms with van der Waals surface area (Å²) in [5, 5.41) is 5.32. The van der Waals surface area contributed by atoms with Gasteiger partial charge in [-0.2, -0.15) is 0 Å². The zero-order valence-corrected chi connectivity index (χ0v) is 19.8. The SMILES string of the molecule is Cc1ccc(NS(=O)(=O)c2ccc(C(=O)NCC(=O)Nc3cccc(C)c3C)cc2)cc1C. The van der Waals surface area contributed by atoms with Gasteiger partial charge in [-0.1, -0.05) is 18.2 Å². The number of carbonyl (C=O) groups is 2. The molecule has 8 heteroatoms. The number of anilines is 2. The van der Waals surface area contributed by atoms with Crippen LogP contribution in [0.3, 0.4) is 0 Å². The van der Waals surface area contributed by atoms with Crippen molar-refractivity contribution in [1.82, 2.24) is 5.32 Å². The van der Waals surface area contributed by atoms with Crippen molar-refractivity contribution >= 4 is 33.2 Å². The highest BCUT2D eigenvalue weighted by atomic mass is 32.2. The molecule has 3 N–H and O–H groups in total. The first-order chi connectivity index (χ1) is 15.6. The van der Waals surface area contributed by atoms with Gasteiger partial charge in [0.2, 0.25) is 5.91 Å². The molecule has 0 bridgehead atoms. The van der Waals surface area contributed by atoms with Crippen molar-refractivity contribution in [2.24, 2.45) is 0 Å². The quantitative estimate of drug-likeness (QED) is 0.489. The molecule has 0 atom stereocenters. The second kappa shape index (κ2) is 9.87. The van der Waals surface area contributed by atoms with Crippen LogP contribution in [0.1, 0.15) is 32.6 Å². The van der Waals surface area contributed by atoms with Crippen LogP contribution < -0.4 is 15.4 Å². The average molecular weight is 466 g/mol. The smallest absolute Gasteiger partial charge is 0.261 e. The van der Waals surface area contributed by atoms with Crippen LogP contribution in [0.4, 0.5) is 11.4 Å². The summed E-state index contributed by atoms with van der Waals surface area (Å²) < 4.78 is 27.9. The third kappa shape index (κ3) is 5.98.